The lowest BCUT2D eigenvalue weighted by molar-refractivity contribution is -0.115. The first kappa shape index (κ1) is 17.7. The number of likely N-dealkylation sites (N-methyl/N-ethyl adjacent to an activating group) is 1. The van der Waals surface area contributed by atoms with Crippen LogP contribution in [0.2, 0.25) is 5.02 Å². The molecule has 0 bridgehead atoms. The van der Waals surface area contributed by atoms with Crippen LogP contribution in [0.15, 0.2) is 29.2 Å². The summed E-state index contributed by atoms with van der Waals surface area (Å²) in [6.07, 6.45) is 1.45. The first-order valence-corrected chi connectivity index (χ1v) is 10.2. The minimum Gasteiger partial charge on any atom is -0.302 e. The molecule has 1 amide bonds. The van der Waals surface area contributed by atoms with Gasteiger partial charge in [-0.25, -0.2) is 4.98 Å². The molecule has 1 aliphatic rings. The Morgan fingerprint density at radius 3 is 2.96 bits per heavy atom. The van der Waals surface area contributed by atoms with Gasteiger partial charge in [0.25, 0.3) is 0 Å². The molecule has 1 aromatic carbocycles. The zero-order valence-corrected chi connectivity index (χ0v) is 15.9. The summed E-state index contributed by atoms with van der Waals surface area (Å²) in [4.78, 5) is 21.5. The van der Waals surface area contributed by atoms with Gasteiger partial charge >= 0.3 is 0 Å². The van der Waals surface area contributed by atoms with Crippen molar-refractivity contribution in [3.05, 3.63) is 39.9 Å². The van der Waals surface area contributed by atoms with Gasteiger partial charge in [0.05, 0.1) is 5.69 Å². The van der Waals surface area contributed by atoms with E-state index in [-0.39, 0.29) is 5.91 Å². The number of thiazole rings is 1. The van der Waals surface area contributed by atoms with Crippen molar-refractivity contribution in [2.45, 2.75) is 31.2 Å². The molecule has 0 aliphatic carbocycles. The van der Waals surface area contributed by atoms with Crippen molar-refractivity contribution in [2.24, 2.45) is 0 Å². The molecule has 0 radical (unpaired) electrons. The highest BCUT2D eigenvalue weighted by atomic mass is 35.5. The summed E-state index contributed by atoms with van der Waals surface area (Å²) in [6, 6.07) is 7.67. The highest BCUT2D eigenvalue weighted by Gasteiger charge is 2.20. The lowest BCUT2D eigenvalue weighted by Crippen LogP contribution is -2.29. The van der Waals surface area contributed by atoms with Crippen LogP contribution in [-0.4, -0.2) is 34.6 Å². The van der Waals surface area contributed by atoms with E-state index in [4.69, 9.17) is 11.6 Å². The normalized spacial score (nSPS) is 14.4. The molecule has 1 N–H and O–H groups in total. The second-order valence-electron chi connectivity index (χ2n) is 5.61. The summed E-state index contributed by atoms with van der Waals surface area (Å²) in [5.74, 6) is 0.761. The predicted molar refractivity (Wildman–Crippen MR) is 102 cm³/mol. The molecule has 2 heterocycles. The van der Waals surface area contributed by atoms with Gasteiger partial charge in [-0.3, -0.25) is 9.69 Å². The average molecular weight is 382 g/mol. The predicted octanol–water partition coefficient (Wildman–Crippen LogP) is 4.30. The monoisotopic (exact) mass is 381 g/mol. The number of rotatable bonds is 6. The maximum atomic E-state index is 12.1. The van der Waals surface area contributed by atoms with Crippen molar-refractivity contribution in [3.8, 4) is 0 Å². The Morgan fingerprint density at radius 2 is 2.21 bits per heavy atom. The first-order valence-electron chi connectivity index (χ1n) is 8.03. The number of halogens is 1. The number of amides is 1. The lowest BCUT2D eigenvalue weighted by atomic mass is 10.2. The van der Waals surface area contributed by atoms with Crippen LogP contribution in [0.1, 0.15) is 23.9 Å². The Hall–Kier alpha value is -1.08. The number of anilines is 1. The van der Waals surface area contributed by atoms with Crippen molar-refractivity contribution in [1.82, 2.24) is 9.88 Å². The van der Waals surface area contributed by atoms with Crippen molar-refractivity contribution in [1.29, 1.82) is 0 Å². The van der Waals surface area contributed by atoms with Gasteiger partial charge in [-0.1, -0.05) is 18.5 Å². The van der Waals surface area contributed by atoms with Crippen LogP contribution in [0.4, 0.5) is 5.13 Å². The number of carbonyl (C=O) groups is 1. The Labute approximate surface area is 155 Å². The molecule has 0 atom stereocenters. The quantitative estimate of drug-likeness (QED) is 0.758. The Kier molecular flexibility index (Phi) is 6.16. The number of nitrogens with one attached hydrogen (secondary N) is 1. The first-order chi connectivity index (χ1) is 11.6. The van der Waals surface area contributed by atoms with Gasteiger partial charge in [-0.15, -0.1) is 23.1 Å². The Balaban J connectivity index is 1.47. The van der Waals surface area contributed by atoms with E-state index >= 15 is 0 Å². The average Bonchev–Trinajstić information content (AvgIpc) is 2.97. The molecule has 0 spiro atoms. The fraction of sp³-hybridized carbons (Fsp3) is 0.412. The molecule has 1 aromatic heterocycles. The highest BCUT2D eigenvalue weighted by Crippen LogP contribution is 2.28. The van der Waals surface area contributed by atoms with Gasteiger partial charge in [-0.2, -0.15) is 0 Å². The molecular formula is C17H20ClN3OS2. The summed E-state index contributed by atoms with van der Waals surface area (Å²) in [5, 5.41) is 4.41. The third kappa shape index (κ3) is 4.72. The molecule has 128 valence electrons. The standard InChI is InChI=1S/C17H20ClN3OS2/c1-2-21-9-7-14-15(11-21)24-17(19-14)20-16(22)8-10-23-13-5-3-12(18)4-6-13/h3-6H,2,7-11H2,1H3,(H,19,20,22). The number of hydrogen-bond donors (Lipinski definition) is 1. The lowest BCUT2D eigenvalue weighted by Gasteiger charge is -2.23. The maximum Gasteiger partial charge on any atom is 0.226 e. The fourth-order valence-corrected chi connectivity index (χ4v) is 4.59. The number of hydrogen-bond acceptors (Lipinski definition) is 5. The molecule has 24 heavy (non-hydrogen) atoms. The van der Waals surface area contributed by atoms with Crippen LogP contribution < -0.4 is 5.32 Å². The third-order valence-electron chi connectivity index (χ3n) is 3.92. The van der Waals surface area contributed by atoms with E-state index in [1.54, 1.807) is 23.1 Å². The summed E-state index contributed by atoms with van der Waals surface area (Å²) in [7, 11) is 0. The molecule has 0 unspecified atom stereocenters. The van der Waals surface area contributed by atoms with Gasteiger partial charge in [0.1, 0.15) is 0 Å². The van der Waals surface area contributed by atoms with Crippen molar-refractivity contribution >= 4 is 45.7 Å². The van der Waals surface area contributed by atoms with Crippen LogP contribution in [0, 0.1) is 0 Å². The Bertz CT molecular complexity index is 702. The summed E-state index contributed by atoms with van der Waals surface area (Å²) in [5.41, 5.74) is 1.15. The minimum atomic E-state index is 0.0231. The topological polar surface area (TPSA) is 45.2 Å². The summed E-state index contributed by atoms with van der Waals surface area (Å²) in [6.45, 7) is 5.23. The zero-order chi connectivity index (χ0) is 16.9. The molecule has 2 aromatic rings. The van der Waals surface area contributed by atoms with E-state index in [1.807, 2.05) is 24.3 Å². The van der Waals surface area contributed by atoms with Gasteiger partial charge in [0.2, 0.25) is 5.91 Å². The number of benzene rings is 1. The van der Waals surface area contributed by atoms with Crippen LogP contribution >= 0.6 is 34.7 Å². The van der Waals surface area contributed by atoms with E-state index in [9.17, 15) is 4.79 Å². The molecular weight excluding hydrogens is 362 g/mol. The van der Waals surface area contributed by atoms with E-state index in [1.165, 1.54) is 4.88 Å². The van der Waals surface area contributed by atoms with Crippen LogP contribution in [0.25, 0.3) is 0 Å². The second kappa shape index (κ2) is 8.34. The zero-order valence-electron chi connectivity index (χ0n) is 13.5. The maximum absolute atomic E-state index is 12.1. The van der Waals surface area contributed by atoms with E-state index in [0.717, 1.165) is 52.6 Å². The molecule has 1 aliphatic heterocycles. The number of carbonyl (C=O) groups excluding carboxylic acids is 1. The van der Waals surface area contributed by atoms with Crippen molar-refractivity contribution < 1.29 is 4.79 Å². The molecule has 4 nitrogen and oxygen atoms in total. The van der Waals surface area contributed by atoms with Gasteiger partial charge in [0, 0.05) is 46.5 Å². The number of thioether (sulfide) groups is 1. The van der Waals surface area contributed by atoms with E-state index in [0.29, 0.717) is 6.42 Å². The van der Waals surface area contributed by atoms with Gasteiger partial charge in [-0.05, 0) is 30.8 Å². The van der Waals surface area contributed by atoms with Gasteiger partial charge in [0.15, 0.2) is 5.13 Å². The molecule has 0 saturated carbocycles. The molecule has 7 heteroatoms. The smallest absolute Gasteiger partial charge is 0.226 e. The third-order valence-corrected chi connectivity index (χ3v) is 6.18. The SMILES string of the molecule is CCN1CCc2nc(NC(=O)CCSc3ccc(Cl)cc3)sc2C1. The molecule has 0 fully saturated rings. The largest absolute Gasteiger partial charge is 0.302 e. The fourth-order valence-electron chi connectivity index (χ4n) is 2.55. The van der Waals surface area contributed by atoms with E-state index < -0.39 is 0 Å². The van der Waals surface area contributed by atoms with Crippen LogP contribution in [-0.2, 0) is 17.8 Å². The number of fused-ring (bicyclic) bond motifs is 1. The summed E-state index contributed by atoms with van der Waals surface area (Å²) >= 11 is 9.13. The highest BCUT2D eigenvalue weighted by molar-refractivity contribution is 7.99. The molecule has 3 rings (SSSR count). The van der Waals surface area contributed by atoms with Crippen LogP contribution in [0.3, 0.4) is 0 Å². The van der Waals surface area contributed by atoms with Gasteiger partial charge < -0.3 is 5.32 Å². The Morgan fingerprint density at radius 1 is 1.42 bits per heavy atom. The molecule has 0 saturated heterocycles. The number of aromatic nitrogens is 1. The summed E-state index contributed by atoms with van der Waals surface area (Å²) < 4.78 is 0. The van der Waals surface area contributed by atoms with E-state index in [2.05, 4.69) is 22.1 Å². The van der Waals surface area contributed by atoms with Crippen molar-refractivity contribution in [3.63, 3.8) is 0 Å². The van der Waals surface area contributed by atoms with Crippen LogP contribution in [0.5, 0.6) is 0 Å². The minimum absolute atomic E-state index is 0.0231. The number of nitrogens with zero attached hydrogens (tertiary/aromatic N) is 2. The van der Waals surface area contributed by atoms with Crippen molar-refractivity contribution in [2.75, 3.05) is 24.2 Å². The second-order valence-corrected chi connectivity index (χ2v) is 8.30.